The monoisotopic (exact) mass is 452 g/mol. The Balaban J connectivity index is 3.45. The molecule has 0 aliphatic heterocycles. The van der Waals surface area contributed by atoms with Crippen molar-refractivity contribution in [3.8, 4) is 11.5 Å². The number of phenols is 1. The van der Waals surface area contributed by atoms with Gasteiger partial charge in [-0.25, -0.2) is 9.82 Å². The summed E-state index contributed by atoms with van der Waals surface area (Å²) in [5.74, 6) is -0.532. The smallest absolute Gasteiger partial charge is 0.417 e. The van der Waals surface area contributed by atoms with Crippen molar-refractivity contribution in [2.45, 2.75) is 66.2 Å². The third kappa shape index (κ3) is 7.09. The van der Waals surface area contributed by atoms with E-state index in [1.807, 2.05) is 41.5 Å². The van der Waals surface area contributed by atoms with Gasteiger partial charge in [0, 0.05) is 11.1 Å². The average molecular weight is 452 g/mol. The predicted octanol–water partition coefficient (Wildman–Crippen LogP) is 6.27. The second-order valence-electron chi connectivity index (χ2n) is 8.74. The van der Waals surface area contributed by atoms with E-state index in [4.69, 9.17) is 13.6 Å². The molecule has 1 unspecified atom stereocenters. The predicted molar refractivity (Wildman–Crippen MR) is 113 cm³/mol. The van der Waals surface area contributed by atoms with Crippen molar-refractivity contribution in [2.24, 2.45) is 0 Å². The molecule has 8 nitrogen and oxygen atoms in total. The number of hydrogen-bond donors (Lipinski definition) is 2. The molecule has 1 aromatic rings. The fraction of sp³-hybridized carbons (Fsp3) is 0.684. The first-order valence-corrected chi connectivity index (χ1v) is 12.9. The van der Waals surface area contributed by atoms with E-state index < -0.39 is 31.9 Å². The Morgan fingerprint density at radius 2 is 1.28 bits per heavy atom. The standard InChI is InChI=1S/C19H34O8P2/c1-9-24-28(22,25-10-2)13-29(23,27-21)26-14-11-15(18(3,4)5)17(20)16(12-14)19(6,7)8/h11-12,20-21H,9-10,13H2,1-8H3. The van der Waals surface area contributed by atoms with Crippen molar-refractivity contribution in [3.05, 3.63) is 23.3 Å². The van der Waals surface area contributed by atoms with Crippen molar-refractivity contribution in [1.82, 2.24) is 0 Å². The van der Waals surface area contributed by atoms with Crippen LogP contribution in [0.25, 0.3) is 0 Å². The quantitative estimate of drug-likeness (QED) is 0.256. The Bertz CT molecular complexity index is 747. The molecule has 0 aromatic heterocycles. The van der Waals surface area contributed by atoms with Crippen LogP contribution in [0.1, 0.15) is 66.5 Å². The first-order chi connectivity index (χ1) is 13.1. The van der Waals surface area contributed by atoms with Gasteiger partial charge >= 0.3 is 15.2 Å². The molecule has 29 heavy (non-hydrogen) atoms. The summed E-state index contributed by atoms with van der Waals surface area (Å²) in [6.45, 7) is 14.8. The minimum absolute atomic E-state index is 0.0598. The van der Waals surface area contributed by atoms with Crippen LogP contribution >= 0.6 is 15.2 Å². The molecule has 1 rings (SSSR count). The lowest BCUT2D eigenvalue weighted by Gasteiger charge is -2.29. The Morgan fingerprint density at radius 3 is 1.59 bits per heavy atom. The summed E-state index contributed by atoms with van der Waals surface area (Å²) in [5, 5.41) is 20.1. The van der Waals surface area contributed by atoms with Gasteiger partial charge in [-0.1, -0.05) is 41.5 Å². The summed E-state index contributed by atoms with van der Waals surface area (Å²) < 4.78 is 45.7. The topological polar surface area (TPSA) is 112 Å². The van der Waals surface area contributed by atoms with E-state index in [-0.39, 0.29) is 24.7 Å². The number of rotatable bonds is 9. The normalized spacial score (nSPS) is 15.2. The van der Waals surface area contributed by atoms with Crippen molar-refractivity contribution in [3.63, 3.8) is 0 Å². The number of benzene rings is 1. The van der Waals surface area contributed by atoms with Crippen LogP contribution in [0.5, 0.6) is 11.5 Å². The molecule has 0 bridgehead atoms. The lowest BCUT2D eigenvalue weighted by atomic mass is 9.79. The van der Waals surface area contributed by atoms with E-state index in [9.17, 15) is 19.5 Å². The summed E-state index contributed by atoms with van der Waals surface area (Å²) in [4.78, 5) is 0. The van der Waals surface area contributed by atoms with Crippen LogP contribution in [-0.4, -0.2) is 29.5 Å². The van der Waals surface area contributed by atoms with Gasteiger partial charge in [-0.3, -0.25) is 4.57 Å². The molecule has 0 amide bonds. The second kappa shape index (κ2) is 9.51. The van der Waals surface area contributed by atoms with E-state index in [2.05, 4.69) is 4.67 Å². The molecule has 2 N–H and O–H groups in total. The zero-order valence-electron chi connectivity index (χ0n) is 18.5. The Hall–Kier alpha value is -0.880. The van der Waals surface area contributed by atoms with Crippen LogP contribution < -0.4 is 4.52 Å². The fourth-order valence-corrected chi connectivity index (χ4v) is 6.87. The third-order valence-corrected chi connectivity index (χ3v) is 8.88. The van der Waals surface area contributed by atoms with Crippen LogP contribution in [0.15, 0.2) is 12.1 Å². The van der Waals surface area contributed by atoms with Gasteiger partial charge in [0.1, 0.15) is 11.5 Å². The molecule has 168 valence electrons. The third-order valence-electron chi connectivity index (χ3n) is 4.07. The van der Waals surface area contributed by atoms with E-state index in [0.29, 0.717) is 11.1 Å². The summed E-state index contributed by atoms with van der Waals surface area (Å²) in [6.07, 6.45) is 0. The van der Waals surface area contributed by atoms with E-state index in [1.54, 1.807) is 13.8 Å². The minimum Gasteiger partial charge on any atom is -0.507 e. The number of aromatic hydroxyl groups is 1. The zero-order valence-corrected chi connectivity index (χ0v) is 20.3. The molecule has 0 saturated carbocycles. The molecule has 1 aromatic carbocycles. The van der Waals surface area contributed by atoms with Gasteiger partial charge in [0.05, 0.1) is 13.2 Å². The fourth-order valence-electron chi connectivity index (χ4n) is 2.76. The van der Waals surface area contributed by atoms with Crippen molar-refractivity contribution in [1.29, 1.82) is 0 Å². The molecule has 0 spiro atoms. The van der Waals surface area contributed by atoms with Crippen LogP contribution in [0.3, 0.4) is 0 Å². The summed E-state index contributed by atoms with van der Waals surface area (Å²) >= 11 is 0. The average Bonchev–Trinajstić information content (AvgIpc) is 2.54. The highest BCUT2D eigenvalue weighted by Gasteiger charge is 2.41. The van der Waals surface area contributed by atoms with Crippen LogP contribution in [0.4, 0.5) is 0 Å². The molecule has 10 heteroatoms. The van der Waals surface area contributed by atoms with Gasteiger partial charge < -0.3 is 18.7 Å². The maximum atomic E-state index is 13.0. The van der Waals surface area contributed by atoms with E-state index >= 15 is 0 Å². The van der Waals surface area contributed by atoms with Crippen molar-refractivity contribution >= 4 is 15.2 Å². The van der Waals surface area contributed by atoms with E-state index in [1.165, 1.54) is 12.1 Å². The van der Waals surface area contributed by atoms with Gasteiger partial charge in [0.2, 0.25) is 0 Å². The van der Waals surface area contributed by atoms with Gasteiger partial charge in [-0.05, 0) is 36.8 Å². The van der Waals surface area contributed by atoms with Gasteiger partial charge in [-0.2, -0.15) is 0 Å². The highest BCUT2D eigenvalue weighted by molar-refractivity contribution is 7.71. The first kappa shape index (κ1) is 26.2. The lowest BCUT2D eigenvalue weighted by molar-refractivity contribution is -0.143. The maximum absolute atomic E-state index is 13.0. The summed E-state index contributed by atoms with van der Waals surface area (Å²) in [6, 6.07) is 3.06. The molecule has 1 atom stereocenters. The SMILES string of the molecule is CCOP(=O)(CP(=O)(OO)Oc1cc(C(C)(C)C)c(O)c(C(C)(C)C)c1)OCC. The van der Waals surface area contributed by atoms with Crippen LogP contribution in [-0.2, 0) is 33.7 Å². The van der Waals surface area contributed by atoms with Crippen LogP contribution in [0.2, 0.25) is 0 Å². The summed E-state index contributed by atoms with van der Waals surface area (Å²) in [5.41, 5.74) is 0.253. The Morgan fingerprint density at radius 1 is 0.862 bits per heavy atom. The second-order valence-corrected chi connectivity index (χ2v) is 13.2. The molecule has 0 aliphatic carbocycles. The van der Waals surface area contributed by atoms with Crippen molar-refractivity contribution in [2.75, 3.05) is 19.1 Å². The first-order valence-electron chi connectivity index (χ1n) is 9.48. The van der Waals surface area contributed by atoms with E-state index in [0.717, 1.165) is 0 Å². The van der Waals surface area contributed by atoms with Gasteiger partial charge in [-0.15, -0.1) is 4.67 Å². The molecule has 0 heterocycles. The number of hydrogen-bond acceptors (Lipinski definition) is 8. The van der Waals surface area contributed by atoms with Crippen molar-refractivity contribution < 1.29 is 37.7 Å². The van der Waals surface area contributed by atoms with Gasteiger partial charge in [0.15, 0.2) is 5.90 Å². The lowest BCUT2D eigenvalue weighted by Crippen LogP contribution is -2.17. The maximum Gasteiger partial charge on any atom is 0.417 e. The highest BCUT2D eigenvalue weighted by atomic mass is 31.2. The van der Waals surface area contributed by atoms with Gasteiger partial charge in [0.25, 0.3) is 0 Å². The number of phenolic OH excluding ortho intramolecular Hbond substituents is 1. The summed E-state index contributed by atoms with van der Waals surface area (Å²) in [7, 11) is -8.12. The molecule has 0 aliphatic rings. The molecule has 0 fully saturated rings. The zero-order chi connectivity index (χ0) is 22.7. The van der Waals surface area contributed by atoms with Crippen LogP contribution in [0, 0.1) is 0 Å². The minimum atomic E-state index is -4.30. The molecular weight excluding hydrogens is 418 g/mol. The highest BCUT2D eigenvalue weighted by Crippen LogP contribution is 2.63. The molecule has 0 radical (unpaired) electrons. The largest absolute Gasteiger partial charge is 0.507 e. The molecular formula is C19H34O8P2. The Labute approximate surface area is 173 Å². The molecule has 0 saturated heterocycles. The Kier molecular flexibility index (Phi) is 8.57.